The molecule has 0 aromatic carbocycles. The standard InChI is InChI=1S/C13H22N2O3S/c1-3-18-10(16)9-15(2)12(17)13(11(14)19)7-5-4-6-8-13/h3-9H2,1-2H3,(H2,14,19). The molecule has 19 heavy (non-hydrogen) atoms. The molecule has 0 aromatic heterocycles. The molecule has 1 fully saturated rings. The predicted octanol–water partition coefficient (Wildman–Crippen LogP) is 1.24. The summed E-state index contributed by atoms with van der Waals surface area (Å²) in [5.74, 6) is -0.569. The largest absolute Gasteiger partial charge is 0.465 e. The lowest BCUT2D eigenvalue weighted by Gasteiger charge is -2.37. The Morgan fingerprint density at radius 1 is 1.32 bits per heavy atom. The van der Waals surface area contributed by atoms with E-state index in [1.54, 1.807) is 14.0 Å². The van der Waals surface area contributed by atoms with Gasteiger partial charge in [0.2, 0.25) is 5.91 Å². The average Bonchev–Trinajstić information content (AvgIpc) is 2.38. The molecule has 0 spiro atoms. The Balaban J connectivity index is 2.76. The summed E-state index contributed by atoms with van der Waals surface area (Å²) in [5.41, 5.74) is 5.03. The SMILES string of the molecule is CCOC(=O)CN(C)C(=O)C1(C(N)=S)CCCCC1. The zero-order valence-electron chi connectivity index (χ0n) is 11.6. The third kappa shape index (κ3) is 3.65. The molecule has 1 aliphatic rings. The molecular formula is C13H22N2O3S. The first kappa shape index (κ1) is 15.9. The highest BCUT2D eigenvalue weighted by molar-refractivity contribution is 7.80. The Morgan fingerprint density at radius 3 is 2.37 bits per heavy atom. The van der Waals surface area contributed by atoms with Gasteiger partial charge in [-0.05, 0) is 19.8 Å². The number of amides is 1. The minimum Gasteiger partial charge on any atom is -0.465 e. The van der Waals surface area contributed by atoms with Crippen LogP contribution >= 0.6 is 12.2 Å². The van der Waals surface area contributed by atoms with Crippen LogP contribution in [0.5, 0.6) is 0 Å². The molecule has 0 atom stereocenters. The fraction of sp³-hybridized carbons (Fsp3) is 0.769. The van der Waals surface area contributed by atoms with Gasteiger partial charge >= 0.3 is 5.97 Å². The first-order valence-corrected chi connectivity index (χ1v) is 7.06. The quantitative estimate of drug-likeness (QED) is 0.608. The third-order valence-electron chi connectivity index (χ3n) is 3.61. The maximum atomic E-state index is 12.6. The zero-order valence-corrected chi connectivity index (χ0v) is 12.4. The van der Waals surface area contributed by atoms with Crippen molar-refractivity contribution in [2.24, 2.45) is 11.1 Å². The number of esters is 1. The van der Waals surface area contributed by atoms with Crippen molar-refractivity contribution >= 4 is 29.1 Å². The van der Waals surface area contributed by atoms with Crippen LogP contribution in [0.1, 0.15) is 39.0 Å². The molecule has 0 saturated heterocycles. The van der Waals surface area contributed by atoms with Crippen molar-refractivity contribution in [2.75, 3.05) is 20.2 Å². The number of nitrogens with zero attached hydrogens (tertiary/aromatic N) is 1. The molecule has 0 heterocycles. The van der Waals surface area contributed by atoms with Gasteiger partial charge in [0.05, 0.1) is 17.0 Å². The van der Waals surface area contributed by atoms with Gasteiger partial charge in [0.1, 0.15) is 6.54 Å². The Bertz CT molecular complexity index is 365. The molecule has 1 saturated carbocycles. The second-order valence-corrected chi connectivity index (χ2v) is 5.41. The van der Waals surface area contributed by atoms with Gasteiger partial charge in [-0.3, -0.25) is 9.59 Å². The summed E-state index contributed by atoms with van der Waals surface area (Å²) in [5, 5.41) is 0. The van der Waals surface area contributed by atoms with Gasteiger partial charge in [-0.15, -0.1) is 0 Å². The number of hydrogen-bond donors (Lipinski definition) is 1. The van der Waals surface area contributed by atoms with E-state index in [0.29, 0.717) is 19.4 Å². The molecule has 108 valence electrons. The lowest BCUT2D eigenvalue weighted by atomic mass is 9.73. The number of rotatable bonds is 5. The molecule has 1 rings (SSSR count). The van der Waals surface area contributed by atoms with Gasteiger partial charge in [0.25, 0.3) is 0 Å². The van der Waals surface area contributed by atoms with Gasteiger partial charge in [0, 0.05) is 7.05 Å². The van der Waals surface area contributed by atoms with E-state index >= 15 is 0 Å². The second-order valence-electron chi connectivity index (χ2n) is 4.97. The van der Waals surface area contributed by atoms with E-state index in [4.69, 9.17) is 22.7 Å². The summed E-state index contributed by atoms with van der Waals surface area (Å²) in [6.45, 7) is 1.98. The van der Waals surface area contributed by atoms with E-state index in [1.165, 1.54) is 4.90 Å². The van der Waals surface area contributed by atoms with Crippen LogP contribution in [-0.2, 0) is 14.3 Å². The van der Waals surface area contributed by atoms with Crippen LogP contribution in [0.3, 0.4) is 0 Å². The van der Waals surface area contributed by atoms with Crippen molar-refractivity contribution in [3.05, 3.63) is 0 Å². The van der Waals surface area contributed by atoms with Gasteiger partial charge in [-0.2, -0.15) is 0 Å². The average molecular weight is 286 g/mol. The highest BCUT2D eigenvalue weighted by atomic mass is 32.1. The molecule has 0 radical (unpaired) electrons. The number of carbonyl (C=O) groups is 2. The lowest BCUT2D eigenvalue weighted by molar-refractivity contribution is -0.150. The second kappa shape index (κ2) is 6.84. The molecule has 6 heteroatoms. The molecule has 0 aromatic rings. The monoisotopic (exact) mass is 286 g/mol. The molecular weight excluding hydrogens is 264 g/mol. The van der Waals surface area contributed by atoms with Crippen LogP contribution in [0.25, 0.3) is 0 Å². The molecule has 0 bridgehead atoms. The fourth-order valence-corrected chi connectivity index (χ4v) is 2.85. The zero-order chi connectivity index (χ0) is 14.5. The van der Waals surface area contributed by atoms with Crippen molar-refractivity contribution < 1.29 is 14.3 Å². The molecule has 0 unspecified atom stereocenters. The highest BCUT2D eigenvalue weighted by Gasteiger charge is 2.44. The number of nitrogens with two attached hydrogens (primary N) is 1. The summed E-state index contributed by atoms with van der Waals surface area (Å²) in [6.07, 6.45) is 4.33. The van der Waals surface area contributed by atoms with E-state index in [2.05, 4.69) is 0 Å². The summed E-state index contributed by atoms with van der Waals surface area (Å²) in [7, 11) is 1.59. The summed E-state index contributed by atoms with van der Waals surface area (Å²) < 4.78 is 4.85. The predicted molar refractivity (Wildman–Crippen MR) is 76.6 cm³/mol. The molecule has 1 aliphatic carbocycles. The van der Waals surface area contributed by atoms with Crippen molar-refractivity contribution in [3.8, 4) is 0 Å². The van der Waals surface area contributed by atoms with Crippen molar-refractivity contribution in [2.45, 2.75) is 39.0 Å². The molecule has 5 nitrogen and oxygen atoms in total. The minimum absolute atomic E-state index is 0.0585. The van der Waals surface area contributed by atoms with Gasteiger partial charge in [-0.1, -0.05) is 31.5 Å². The summed E-state index contributed by atoms with van der Waals surface area (Å²) in [6, 6.07) is 0. The molecule has 1 amide bonds. The van der Waals surface area contributed by atoms with Gasteiger partial charge in [-0.25, -0.2) is 0 Å². The van der Waals surface area contributed by atoms with Crippen LogP contribution in [0.4, 0.5) is 0 Å². The first-order chi connectivity index (χ1) is 8.94. The van der Waals surface area contributed by atoms with E-state index in [-0.39, 0.29) is 17.4 Å². The Morgan fingerprint density at radius 2 is 1.89 bits per heavy atom. The third-order valence-corrected chi connectivity index (χ3v) is 4.00. The number of carbonyl (C=O) groups excluding carboxylic acids is 2. The lowest BCUT2D eigenvalue weighted by Crippen LogP contribution is -2.51. The van der Waals surface area contributed by atoms with Crippen LogP contribution in [0, 0.1) is 5.41 Å². The van der Waals surface area contributed by atoms with E-state index in [1.807, 2.05) is 0 Å². The van der Waals surface area contributed by atoms with Crippen LogP contribution in [-0.4, -0.2) is 42.0 Å². The maximum absolute atomic E-state index is 12.6. The fourth-order valence-electron chi connectivity index (χ4n) is 2.56. The molecule has 2 N–H and O–H groups in total. The highest BCUT2D eigenvalue weighted by Crippen LogP contribution is 2.38. The molecule has 0 aliphatic heterocycles. The van der Waals surface area contributed by atoms with E-state index in [9.17, 15) is 9.59 Å². The van der Waals surface area contributed by atoms with Crippen LogP contribution in [0.15, 0.2) is 0 Å². The van der Waals surface area contributed by atoms with E-state index in [0.717, 1.165) is 19.3 Å². The minimum atomic E-state index is -0.769. The van der Waals surface area contributed by atoms with Crippen molar-refractivity contribution in [1.82, 2.24) is 4.90 Å². The number of hydrogen-bond acceptors (Lipinski definition) is 4. The van der Waals surface area contributed by atoms with Crippen molar-refractivity contribution in [1.29, 1.82) is 0 Å². The Hall–Kier alpha value is -1.17. The van der Waals surface area contributed by atoms with Crippen molar-refractivity contribution in [3.63, 3.8) is 0 Å². The smallest absolute Gasteiger partial charge is 0.325 e. The first-order valence-electron chi connectivity index (χ1n) is 6.65. The number of ether oxygens (including phenoxy) is 1. The van der Waals surface area contributed by atoms with Crippen LogP contribution < -0.4 is 5.73 Å². The Kier molecular flexibility index (Phi) is 5.72. The normalized spacial score (nSPS) is 17.6. The maximum Gasteiger partial charge on any atom is 0.325 e. The number of likely N-dealkylation sites (N-methyl/N-ethyl adjacent to an activating group) is 1. The van der Waals surface area contributed by atoms with Crippen LogP contribution in [0.2, 0.25) is 0 Å². The number of thiocarbonyl (C=S) groups is 1. The van der Waals surface area contributed by atoms with E-state index < -0.39 is 11.4 Å². The summed E-state index contributed by atoms with van der Waals surface area (Å²) in [4.78, 5) is 25.6. The topological polar surface area (TPSA) is 72.6 Å². The van der Waals surface area contributed by atoms with Gasteiger partial charge < -0.3 is 15.4 Å². The Labute approximate surface area is 119 Å². The van der Waals surface area contributed by atoms with Gasteiger partial charge in [0.15, 0.2) is 0 Å². The summed E-state index contributed by atoms with van der Waals surface area (Å²) >= 11 is 5.10.